The molecule has 0 heterocycles. The van der Waals surface area contributed by atoms with Crippen LogP contribution in [0, 0.1) is 0 Å². The van der Waals surface area contributed by atoms with Crippen molar-refractivity contribution in [3.8, 4) is 0 Å². The van der Waals surface area contributed by atoms with Gasteiger partial charge >= 0.3 is 0 Å². The minimum Gasteiger partial charge on any atom is -0.211 e. The van der Waals surface area contributed by atoms with E-state index in [4.69, 9.17) is 0 Å². The largest absolute Gasteiger partial charge is 0.240 e. The normalized spacial score (nSPS) is 10.1. The molecule has 112 valence electrons. The van der Waals surface area contributed by atoms with E-state index in [0.29, 0.717) is 5.69 Å². The van der Waals surface area contributed by atoms with Crippen LogP contribution in [-0.2, 0) is 4.79 Å². The molecule has 0 amide bonds. The van der Waals surface area contributed by atoms with Crippen LogP contribution in [0.4, 0.5) is 5.69 Å². The van der Waals surface area contributed by atoms with Gasteiger partial charge in [0.15, 0.2) is 0 Å². The van der Waals surface area contributed by atoms with Crippen LogP contribution < -0.4 is 0 Å². The van der Waals surface area contributed by atoms with Crippen molar-refractivity contribution in [3.63, 3.8) is 0 Å². The van der Waals surface area contributed by atoms with Crippen molar-refractivity contribution in [1.82, 2.24) is 0 Å². The maximum atomic E-state index is 10.2. The van der Waals surface area contributed by atoms with E-state index in [1.54, 1.807) is 29.6 Å². The Bertz CT molecular complexity index is 808. The summed E-state index contributed by atoms with van der Waals surface area (Å²) in [5, 5.41) is 0. The van der Waals surface area contributed by atoms with Gasteiger partial charge in [-0.05, 0) is 60.7 Å². The first-order valence-electron chi connectivity index (χ1n) is 7.02. The second-order valence-corrected chi connectivity index (χ2v) is 6.98. The monoisotopic (exact) mass is 335 g/mol. The maximum absolute atomic E-state index is 10.2. The van der Waals surface area contributed by atoms with Crippen LogP contribution in [0.2, 0.25) is 0 Å². The molecule has 3 rings (SSSR count). The number of benzene rings is 3. The Kier molecular flexibility index (Phi) is 5.33. The number of carbonyl (C=O) groups excluding carboxylic acids is 1. The van der Waals surface area contributed by atoms with Crippen LogP contribution in [0.25, 0.3) is 0 Å². The van der Waals surface area contributed by atoms with Crippen LogP contribution in [0.3, 0.4) is 0 Å². The van der Waals surface area contributed by atoms with Gasteiger partial charge in [0.05, 0.1) is 5.69 Å². The predicted octanol–water partition coefficient (Wildman–Crippen LogP) is 5.96. The maximum Gasteiger partial charge on any atom is 0.240 e. The van der Waals surface area contributed by atoms with E-state index in [-0.39, 0.29) is 0 Å². The molecule has 4 heteroatoms. The topological polar surface area (TPSA) is 29.4 Å². The van der Waals surface area contributed by atoms with Crippen molar-refractivity contribution in [2.24, 2.45) is 4.99 Å². The fourth-order valence-electron chi connectivity index (χ4n) is 1.98. The fraction of sp³-hybridized carbons (Fsp3) is 0. The second kappa shape index (κ2) is 7.84. The highest BCUT2D eigenvalue weighted by atomic mass is 32.2. The molecule has 0 saturated carbocycles. The summed E-state index contributed by atoms with van der Waals surface area (Å²) in [5.41, 5.74) is 0.624. The molecule has 0 aliphatic rings. The molecule has 0 fully saturated rings. The van der Waals surface area contributed by atoms with Gasteiger partial charge in [-0.15, -0.1) is 0 Å². The zero-order chi connectivity index (χ0) is 15.9. The molecule has 0 spiro atoms. The third kappa shape index (κ3) is 4.60. The molecule has 0 aromatic heterocycles. The Balaban J connectivity index is 1.66. The lowest BCUT2D eigenvalue weighted by Gasteiger charge is -2.04. The molecular weight excluding hydrogens is 322 g/mol. The summed E-state index contributed by atoms with van der Waals surface area (Å²) >= 11 is 3.43. The van der Waals surface area contributed by atoms with E-state index in [0.717, 1.165) is 4.90 Å². The molecule has 0 aliphatic carbocycles. The molecule has 0 bridgehead atoms. The molecule has 3 aromatic carbocycles. The van der Waals surface area contributed by atoms with Gasteiger partial charge in [-0.1, -0.05) is 41.7 Å². The summed E-state index contributed by atoms with van der Waals surface area (Å²) in [6.45, 7) is 0. The highest BCUT2D eigenvalue weighted by Gasteiger charge is 2.00. The van der Waals surface area contributed by atoms with E-state index in [9.17, 15) is 4.79 Å². The van der Waals surface area contributed by atoms with Gasteiger partial charge in [-0.2, -0.15) is 4.99 Å². The molecule has 0 N–H and O–H groups in total. The molecule has 23 heavy (non-hydrogen) atoms. The minimum absolute atomic E-state index is 0.624. The van der Waals surface area contributed by atoms with Crippen LogP contribution in [0.1, 0.15) is 0 Å². The highest BCUT2D eigenvalue weighted by Crippen LogP contribution is 2.32. The van der Waals surface area contributed by atoms with Crippen LogP contribution >= 0.6 is 23.5 Å². The van der Waals surface area contributed by atoms with Gasteiger partial charge < -0.3 is 0 Å². The third-order valence-electron chi connectivity index (χ3n) is 3.05. The number of rotatable bonds is 5. The van der Waals surface area contributed by atoms with Crippen molar-refractivity contribution in [2.75, 3.05) is 0 Å². The summed E-state index contributed by atoms with van der Waals surface area (Å²) in [4.78, 5) is 18.5. The van der Waals surface area contributed by atoms with E-state index in [1.165, 1.54) is 14.7 Å². The Labute approximate surface area is 143 Å². The number of aliphatic imine (C=N–C) groups is 1. The van der Waals surface area contributed by atoms with Crippen LogP contribution in [0.5, 0.6) is 0 Å². The summed E-state index contributed by atoms with van der Waals surface area (Å²) in [6.07, 6.45) is 1.55. The Morgan fingerprint density at radius 1 is 0.609 bits per heavy atom. The lowest BCUT2D eigenvalue weighted by molar-refractivity contribution is 0.565. The summed E-state index contributed by atoms with van der Waals surface area (Å²) in [6, 6.07) is 26.4. The Hall–Kier alpha value is -2.26. The molecule has 0 radical (unpaired) electrons. The Morgan fingerprint density at radius 2 is 1.04 bits per heavy atom. The van der Waals surface area contributed by atoms with Gasteiger partial charge in [0, 0.05) is 19.6 Å². The zero-order valence-corrected chi connectivity index (χ0v) is 13.8. The minimum atomic E-state index is 0.624. The first kappa shape index (κ1) is 15.6. The fourth-order valence-corrected chi connectivity index (χ4v) is 3.63. The lowest BCUT2D eigenvalue weighted by atomic mass is 10.3. The zero-order valence-electron chi connectivity index (χ0n) is 12.2. The van der Waals surface area contributed by atoms with Crippen molar-refractivity contribution >= 4 is 35.3 Å². The van der Waals surface area contributed by atoms with Gasteiger partial charge in [0.2, 0.25) is 6.08 Å². The van der Waals surface area contributed by atoms with Crippen molar-refractivity contribution in [3.05, 3.63) is 78.9 Å². The number of isocyanates is 1. The van der Waals surface area contributed by atoms with Gasteiger partial charge in [-0.3, -0.25) is 0 Å². The summed E-state index contributed by atoms with van der Waals surface area (Å²) < 4.78 is 0. The van der Waals surface area contributed by atoms with Gasteiger partial charge in [0.25, 0.3) is 0 Å². The lowest BCUT2D eigenvalue weighted by Crippen LogP contribution is -1.76. The van der Waals surface area contributed by atoms with Crippen molar-refractivity contribution in [2.45, 2.75) is 19.6 Å². The van der Waals surface area contributed by atoms with E-state index >= 15 is 0 Å². The SMILES string of the molecule is O=C=Nc1ccc(Sc2ccc(Sc3ccccc3)cc2)cc1. The average molecular weight is 335 g/mol. The first-order chi connectivity index (χ1) is 11.3. The smallest absolute Gasteiger partial charge is 0.211 e. The molecule has 0 atom stereocenters. The van der Waals surface area contributed by atoms with Crippen molar-refractivity contribution < 1.29 is 4.79 Å². The molecule has 0 unspecified atom stereocenters. The predicted molar refractivity (Wildman–Crippen MR) is 95.4 cm³/mol. The quantitative estimate of drug-likeness (QED) is 0.426. The first-order valence-corrected chi connectivity index (χ1v) is 8.65. The van der Waals surface area contributed by atoms with Crippen LogP contribution in [-0.4, -0.2) is 6.08 Å². The van der Waals surface area contributed by atoms with Crippen molar-refractivity contribution in [1.29, 1.82) is 0 Å². The molecule has 0 aliphatic heterocycles. The third-order valence-corrected chi connectivity index (χ3v) is 5.08. The van der Waals surface area contributed by atoms with Gasteiger partial charge in [-0.25, -0.2) is 4.79 Å². The van der Waals surface area contributed by atoms with E-state index in [1.807, 2.05) is 42.5 Å². The summed E-state index contributed by atoms with van der Waals surface area (Å²) in [5.74, 6) is 0. The molecular formula is C19H13NOS2. The highest BCUT2D eigenvalue weighted by molar-refractivity contribution is 7.99. The number of nitrogens with zero attached hydrogens (tertiary/aromatic N) is 1. The second-order valence-electron chi connectivity index (χ2n) is 4.69. The molecule has 3 aromatic rings. The molecule has 0 saturated heterocycles. The number of hydrogen-bond acceptors (Lipinski definition) is 4. The molecule has 2 nitrogen and oxygen atoms in total. The van der Waals surface area contributed by atoms with Crippen LogP contribution in [0.15, 0.2) is 103 Å². The Morgan fingerprint density at radius 3 is 1.52 bits per heavy atom. The van der Waals surface area contributed by atoms with E-state index in [2.05, 4.69) is 41.4 Å². The van der Waals surface area contributed by atoms with Gasteiger partial charge in [0.1, 0.15) is 0 Å². The standard InChI is InChI=1S/C19H13NOS2/c21-14-20-15-6-8-17(9-7-15)23-19-12-10-18(11-13-19)22-16-4-2-1-3-5-16/h1-13H. The average Bonchev–Trinajstić information content (AvgIpc) is 2.60. The number of hydrogen-bond donors (Lipinski definition) is 0. The van der Waals surface area contributed by atoms with E-state index < -0.39 is 0 Å². The summed E-state index contributed by atoms with van der Waals surface area (Å²) in [7, 11) is 0.